The second-order valence-electron chi connectivity index (χ2n) is 5.60. The van der Waals surface area contributed by atoms with E-state index in [1.165, 1.54) is 6.08 Å². The average molecular weight is 289 g/mol. The molecule has 1 saturated carbocycles. The molecule has 0 radical (unpaired) electrons. The van der Waals surface area contributed by atoms with Gasteiger partial charge in [0.15, 0.2) is 11.5 Å². The van der Waals surface area contributed by atoms with Crippen LogP contribution in [-0.4, -0.2) is 30.0 Å². The van der Waals surface area contributed by atoms with Crippen molar-refractivity contribution in [1.29, 1.82) is 0 Å². The molecule has 2 aliphatic rings. The number of benzene rings is 1. The van der Waals surface area contributed by atoms with Crippen LogP contribution in [0.5, 0.6) is 11.5 Å². The Kier molecular flexibility index (Phi) is 3.84. The summed E-state index contributed by atoms with van der Waals surface area (Å²) in [6, 6.07) is 5.51. The first-order valence-corrected chi connectivity index (χ1v) is 7.23. The van der Waals surface area contributed by atoms with Gasteiger partial charge in [0.2, 0.25) is 12.7 Å². The van der Waals surface area contributed by atoms with E-state index in [0.29, 0.717) is 12.3 Å². The zero-order valence-corrected chi connectivity index (χ0v) is 11.8. The van der Waals surface area contributed by atoms with E-state index in [1.807, 2.05) is 18.2 Å². The minimum atomic E-state index is -0.720. The van der Waals surface area contributed by atoms with E-state index >= 15 is 0 Å². The van der Waals surface area contributed by atoms with Crippen LogP contribution in [0.3, 0.4) is 0 Å². The average Bonchev–Trinajstić information content (AvgIpc) is 3.11. The second-order valence-corrected chi connectivity index (χ2v) is 5.60. The van der Waals surface area contributed by atoms with Crippen molar-refractivity contribution < 1.29 is 19.4 Å². The van der Waals surface area contributed by atoms with E-state index in [1.54, 1.807) is 6.08 Å². The number of aliphatic hydroxyl groups is 1. The molecule has 1 aromatic rings. The predicted molar refractivity (Wildman–Crippen MR) is 78.0 cm³/mol. The third-order valence-electron chi connectivity index (χ3n) is 3.95. The molecule has 1 amide bonds. The maximum absolute atomic E-state index is 11.8. The number of hydrogen-bond acceptors (Lipinski definition) is 4. The fraction of sp³-hybridized carbons (Fsp3) is 0.438. The normalized spacial score (nSPS) is 19.1. The van der Waals surface area contributed by atoms with Crippen LogP contribution in [0.1, 0.15) is 31.2 Å². The van der Waals surface area contributed by atoms with Crippen molar-refractivity contribution >= 4 is 12.0 Å². The van der Waals surface area contributed by atoms with Crippen LogP contribution in [0.4, 0.5) is 0 Å². The van der Waals surface area contributed by atoms with Gasteiger partial charge in [0.25, 0.3) is 0 Å². The lowest BCUT2D eigenvalue weighted by atomic mass is 10.0. The maximum Gasteiger partial charge on any atom is 0.244 e. The van der Waals surface area contributed by atoms with Crippen LogP contribution in [0.25, 0.3) is 6.08 Å². The van der Waals surface area contributed by atoms with Crippen LogP contribution in [-0.2, 0) is 4.79 Å². The second kappa shape index (κ2) is 5.77. The van der Waals surface area contributed by atoms with Crippen LogP contribution in [0.2, 0.25) is 0 Å². The van der Waals surface area contributed by atoms with Gasteiger partial charge in [0, 0.05) is 12.6 Å². The van der Waals surface area contributed by atoms with E-state index in [4.69, 9.17) is 9.47 Å². The summed E-state index contributed by atoms with van der Waals surface area (Å²) >= 11 is 0. The van der Waals surface area contributed by atoms with Gasteiger partial charge in [0.05, 0.1) is 5.60 Å². The summed E-state index contributed by atoms with van der Waals surface area (Å²) in [5, 5.41) is 12.9. The van der Waals surface area contributed by atoms with E-state index in [-0.39, 0.29) is 12.7 Å². The van der Waals surface area contributed by atoms with Crippen molar-refractivity contribution in [2.24, 2.45) is 0 Å². The van der Waals surface area contributed by atoms with Crippen molar-refractivity contribution in [3.63, 3.8) is 0 Å². The zero-order chi connectivity index (χ0) is 14.7. The van der Waals surface area contributed by atoms with Crippen molar-refractivity contribution in [3.05, 3.63) is 29.8 Å². The standard InChI is InChI=1S/C16H19NO4/c18-15(17-10-16(19)7-1-2-8-16)6-4-12-3-5-13-14(9-12)21-11-20-13/h3-6,9,19H,1-2,7-8,10-11H2,(H,17,18). The highest BCUT2D eigenvalue weighted by Crippen LogP contribution is 2.32. The summed E-state index contributed by atoms with van der Waals surface area (Å²) in [6.07, 6.45) is 6.77. The Morgan fingerprint density at radius 3 is 2.86 bits per heavy atom. The highest BCUT2D eigenvalue weighted by atomic mass is 16.7. The van der Waals surface area contributed by atoms with Crippen LogP contribution in [0.15, 0.2) is 24.3 Å². The molecule has 21 heavy (non-hydrogen) atoms. The molecule has 0 unspecified atom stereocenters. The summed E-state index contributed by atoms with van der Waals surface area (Å²) in [5.74, 6) is 1.21. The largest absolute Gasteiger partial charge is 0.454 e. The number of carbonyl (C=O) groups excluding carboxylic acids is 1. The Morgan fingerprint density at radius 2 is 2.05 bits per heavy atom. The van der Waals surface area contributed by atoms with Crippen molar-refractivity contribution in [1.82, 2.24) is 5.32 Å². The molecule has 112 valence electrons. The summed E-state index contributed by atoms with van der Waals surface area (Å²) in [4.78, 5) is 11.8. The molecule has 5 nitrogen and oxygen atoms in total. The molecule has 1 aliphatic heterocycles. The van der Waals surface area contributed by atoms with Crippen LogP contribution in [0, 0.1) is 0 Å². The number of fused-ring (bicyclic) bond motifs is 1. The van der Waals surface area contributed by atoms with Gasteiger partial charge in [-0.05, 0) is 36.6 Å². The first kappa shape index (κ1) is 13.9. The summed E-state index contributed by atoms with van der Waals surface area (Å²) in [7, 11) is 0. The van der Waals surface area contributed by atoms with Crippen LogP contribution >= 0.6 is 0 Å². The molecule has 0 atom stereocenters. The smallest absolute Gasteiger partial charge is 0.244 e. The lowest BCUT2D eigenvalue weighted by Gasteiger charge is -2.21. The Morgan fingerprint density at radius 1 is 1.29 bits per heavy atom. The van der Waals surface area contributed by atoms with E-state index in [9.17, 15) is 9.90 Å². The zero-order valence-electron chi connectivity index (χ0n) is 11.8. The monoisotopic (exact) mass is 289 g/mol. The number of nitrogens with one attached hydrogen (secondary N) is 1. The third-order valence-corrected chi connectivity index (χ3v) is 3.95. The van der Waals surface area contributed by atoms with Gasteiger partial charge in [-0.25, -0.2) is 0 Å². The maximum atomic E-state index is 11.8. The fourth-order valence-corrected chi connectivity index (χ4v) is 2.71. The number of hydrogen-bond donors (Lipinski definition) is 2. The number of ether oxygens (including phenoxy) is 2. The molecule has 0 saturated heterocycles. The quantitative estimate of drug-likeness (QED) is 0.830. The molecule has 0 bridgehead atoms. The Hall–Kier alpha value is -2.01. The molecule has 1 fully saturated rings. The Balaban J connectivity index is 1.54. The first-order chi connectivity index (χ1) is 10.1. The summed E-state index contributed by atoms with van der Waals surface area (Å²) in [6.45, 7) is 0.554. The van der Waals surface area contributed by atoms with Crippen molar-refractivity contribution in [2.75, 3.05) is 13.3 Å². The van der Waals surface area contributed by atoms with Crippen molar-refractivity contribution in [3.8, 4) is 11.5 Å². The first-order valence-electron chi connectivity index (χ1n) is 7.23. The minimum Gasteiger partial charge on any atom is -0.454 e. The minimum absolute atomic E-state index is 0.201. The molecule has 2 N–H and O–H groups in total. The molecule has 1 aliphatic carbocycles. The molecule has 1 heterocycles. The molecule has 0 spiro atoms. The highest BCUT2D eigenvalue weighted by molar-refractivity contribution is 5.91. The number of carbonyl (C=O) groups is 1. The van der Waals surface area contributed by atoms with Crippen LogP contribution < -0.4 is 14.8 Å². The van der Waals surface area contributed by atoms with Gasteiger partial charge in [-0.1, -0.05) is 18.9 Å². The van der Waals surface area contributed by atoms with Gasteiger partial charge in [-0.15, -0.1) is 0 Å². The van der Waals surface area contributed by atoms with Gasteiger partial charge in [0.1, 0.15) is 0 Å². The highest BCUT2D eigenvalue weighted by Gasteiger charge is 2.30. The van der Waals surface area contributed by atoms with E-state index in [0.717, 1.165) is 37.0 Å². The Labute approximate surface area is 123 Å². The third kappa shape index (κ3) is 3.36. The molecular formula is C16H19NO4. The fourth-order valence-electron chi connectivity index (χ4n) is 2.71. The molecule has 3 rings (SSSR count). The van der Waals surface area contributed by atoms with Gasteiger partial charge in [-0.2, -0.15) is 0 Å². The van der Waals surface area contributed by atoms with Gasteiger partial charge in [-0.3, -0.25) is 4.79 Å². The summed E-state index contributed by atoms with van der Waals surface area (Å²) < 4.78 is 10.5. The van der Waals surface area contributed by atoms with E-state index < -0.39 is 5.60 Å². The molecule has 5 heteroatoms. The number of rotatable bonds is 4. The van der Waals surface area contributed by atoms with Gasteiger partial charge >= 0.3 is 0 Å². The predicted octanol–water partition coefficient (Wildman–Crippen LogP) is 1.85. The number of amides is 1. The summed E-state index contributed by atoms with van der Waals surface area (Å²) in [5.41, 5.74) is 0.149. The Bertz CT molecular complexity index is 561. The SMILES string of the molecule is O=C(C=Cc1ccc2c(c1)OCO2)NCC1(O)CCCC1. The van der Waals surface area contributed by atoms with E-state index in [2.05, 4.69) is 5.32 Å². The topological polar surface area (TPSA) is 67.8 Å². The van der Waals surface area contributed by atoms with Crippen molar-refractivity contribution in [2.45, 2.75) is 31.3 Å². The molecule has 1 aromatic carbocycles. The molecule has 0 aromatic heterocycles. The van der Waals surface area contributed by atoms with Gasteiger partial charge < -0.3 is 19.9 Å². The molecular weight excluding hydrogens is 270 g/mol. The lowest BCUT2D eigenvalue weighted by molar-refractivity contribution is -0.117. The lowest BCUT2D eigenvalue weighted by Crippen LogP contribution is -2.40.